The molecule has 0 saturated carbocycles. The minimum Gasteiger partial charge on any atom is -0.315 e. The van der Waals surface area contributed by atoms with E-state index in [1.165, 1.54) is 26.2 Å². The quantitative estimate of drug-likeness (QED) is 0.676. The average Bonchev–Trinajstić information content (AvgIpc) is 2.15. The Morgan fingerprint density at radius 3 is 2.38 bits per heavy atom. The maximum Gasteiger partial charge on any atom is 0.0193 e. The topological polar surface area (TPSA) is 18.5 Å². The molecule has 0 aromatic carbocycles. The van der Waals surface area contributed by atoms with Crippen molar-refractivity contribution in [2.75, 3.05) is 46.3 Å². The van der Waals surface area contributed by atoms with Gasteiger partial charge in [-0.1, -0.05) is 6.92 Å². The molecule has 0 aromatic heterocycles. The minimum atomic E-state index is 0.689. The Kier molecular flexibility index (Phi) is 4.70. The molecular formula is C10H23N3. The molecule has 1 N–H and O–H groups in total. The van der Waals surface area contributed by atoms with E-state index in [4.69, 9.17) is 0 Å². The summed E-state index contributed by atoms with van der Waals surface area (Å²) in [4.78, 5) is 4.97. The van der Waals surface area contributed by atoms with Gasteiger partial charge in [0.15, 0.2) is 0 Å². The Morgan fingerprint density at radius 1 is 1.23 bits per heavy atom. The number of hydrogen-bond donors (Lipinski definition) is 1. The first-order valence-corrected chi connectivity index (χ1v) is 5.37. The lowest BCUT2D eigenvalue weighted by molar-refractivity contribution is 0.118. The smallest absolute Gasteiger partial charge is 0.0193 e. The van der Waals surface area contributed by atoms with Crippen molar-refractivity contribution >= 4 is 0 Å². The molecule has 3 nitrogen and oxygen atoms in total. The van der Waals surface area contributed by atoms with Gasteiger partial charge in [-0.25, -0.2) is 0 Å². The van der Waals surface area contributed by atoms with Gasteiger partial charge in [0, 0.05) is 38.8 Å². The van der Waals surface area contributed by atoms with Gasteiger partial charge < -0.3 is 10.2 Å². The van der Waals surface area contributed by atoms with E-state index in [1.54, 1.807) is 0 Å². The highest BCUT2D eigenvalue weighted by molar-refractivity contribution is 4.75. The second-order valence-corrected chi connectivity index (χ2v) is 4.00. The van der Waals surface area contributed by atoms with Gasteiger partial charge in [0.05, 0.1) is 0 Å². The van der Waals surface area contributed by atoms with Crippen LogP contribution in [0.3, 0.4) is 0 Å². The fourth-order valence-electron chi connectivity index (χ4n) is 1.75. The van der Waals surface area contributed by atoms with Gasteiger partial charge >= 0.3 is 0 Å². The maximum absolute atomic E-state index is 3.40. The molecule has 1 aliphatic heterocycles. The van der Waals surface area contributed by atoms with Crippen LogP contribution in [-0.4, -0.2) is 62.2 Å². The number of piperazine rings is 1. The molecule has 1 fully saturated rings. The molecule has 0 amide bonds. The van der Waals surface area contributed by atoms with Gasteiger partial charge in [-0.15, -0.1) is 0 Å². The lowest BCUT2D eigenvalue weighted by Crippen LogP contribution is -2.50. The maximum atomic E-state index is 3.40. The number of nitrogens with zero attached hydrogens (tertiary/aromatic N) is 2. The van der Waals surface area contributed by atoms with Crippen molar-refractivity contribution in [1.29, 1.82) is 0 Å². The molecule has 0 aromatic rings. The van der Waals surface area contributed by atoms with Gasteiger partial charge in [0.1, 0.15) is 0 Å². The molecule has 13 heavy (non-hydrogen) atoms. The molecule has 1 unspecified atom stereocenters. The number of nitrogens with one attached hydrogen (secondary N) is 1. The Labute approximate surface area is 82.1 Å². The standard InChI is InChI=1S/C10H23N3/c1-4-11-9-10(2)13-7-5-12(3)6-8-13/h10-11H,4-9H2,1-3H3. The lowest BCUT2D eigenvalue weighted by atomic mass is 10.2. The van der Waals surface area contributed by atoms with E-state index in [0.29, 0.717) is 6.04 Å². The van der Waals surface area contributed by atoms with Crippen LogP contribution in [0, 0.1) is 0 Å². The van der Waals surface area contributed by atoms with Crippen molar-refractivity contribution in [3.63, 3.8) is 0 Å². The summed E-state index contributed by atoms with van der Waals surface area (Å²) < 4.78 is 0. The van der Waals surface area contributed by atoms with Gasteiger partial charge in [-0.2, -0.15) is 0 Å². The Bertz CT molecular complexity index is 130. The molecule has 0 spiro atoms. The highest BCUT2D eigenvalue weighted by atomic mass is 15.3. The Hall–Kier alpha value is -0.120. The van der Waals surface area contributed by atoms with Crippen molar-refractivity contribution < 1.29 is 0 Å². The summed E-state index contributed by atoms with van der Waals surface area (Å²) in [6.07, 6.45) is 0. The van der Waals surface area contributed by atoms with Gasteiger partial charge in [0.25, 0.3) is 0 Å². The second kappa shape index (κ2) is 5.58. The zero-order valence-corrected chi connectivity index (χ0v) is 9.21. The first-order chi connectivity index (χ1) is 6.24. The van der Waals surface area contributed by atoms with Crippen molar-refractivity contribution in [2.24, 2.45) is 0 Å². The molecule has 1 heterocycles. The summed E-state index contributed by atoms with van der Waals surface area (Å²) in [5.74, 6) is 0. The molecule has 1 saturated heterocycles. The van der Waals surface area contributed by atoms with Crippen LogP contribution in [-0.2, 0) is 0 Å². The monoisotopic (exact) mass is 185 g/mol. The fourth-order valence-corrected chi connectivity index (χ4v) is 1.75. The zero-order chi connectivity index (χ0) is 9.68. The molecule has 0 radical (unpaired) electrons. The summed E-state index contributed by atoms with van der Waals surface area (Å²) in [6.45, 7) is 11.6. The highest BCUT2D eigenvalue weighted by Crippen LogP contribution is 2.03. The first kappa shape index (κ1) is 11.0. The molecule has 78 valence electrons. The molecule has 1 rings (SSSR count). The van der Waals surface area contributed by atoms with Crippen LogP contribution in [0.1, 0.15) is 13.8 Å². The zero-order valence-electron chi connectivity index (χ0n) is 9.21. The van der Waals surface area contributed by atoms with Crippen LogP contribution in [0.25, 0.3) is 0 Å². The molecule has 1 atom stereocenters. The summed E-state index contributed by atoms with van der Waals surface area (Å²) >= 11 is 0. The third-order valence-electron chi connectivity index (χ3n) is 2.85. The van der Waals surface area contributed by atoms with Gasteiger partial charge in [-0.3, -0.25) is 4.90 Å². The van der Waals surface area contributed by atoms with E-state index in [2.05, 4.69) is 36.0 Å². The summed E-state index contributed by atoms with van der Waals surface area (Å²) in [5.41, 5.74) is 0. The van der Waals surface area contributed by atoms with Crippen LogP contribution in [0.5, 0.6) is 0 Å². The number of likely N-dealkylation sites (N-methyl/N-ethyl adjacent to an activating group) is 2. The van der Waals surface area contributed by atoms with Crippen LogP contribution in [0.2, 0.25) is 0 Å². The Morgan fingerprint density at radius 2 is 1.85 bits per heavy atom. The first-order valence-electron chi connectivity index (χ1n) is 5.37. The fraction of sp³-hybridized carbons (Fsp3) is 1.00. The summed E-state index contributed by atoms with van der Waals surface area (Å²) in [7, 11) is 2.20. The third-order valence-corrected chi connectivity index (χ3v) is 2.85. The van der Waals surface area contributed by atoms with Gasteiger partial charge in [-0.05, 0) is 20.5 Å². The van der Waals surface area contributed by atoms with E-state index in [-0.39, 0.29) is 0 Å². The average molecular weight is 185 g/mol. The van der Waals surface area contributed by atoms with E-state index in [1.807, 2.05) is 0 Å². The van der Waals surface area contributed by atoms with E-state index >= 15 is 0 Å². The second-order valence-electron chi connectivity index (χ2n) is 4.00. The molecule has 0 bridgehead atoms. The predicted octanol–water partition coefficient (Wildman–Crippen LogP) is 0.232. The van der Waals surface area contributed by atoms with Crippen LogP contribution < -0.4 is 5.32 Å². The normalized spacial score (nSPS) is 23.3. The lowest BCUT2D eigenvalue weighted by Gasteiger charge is -2.36. The summed E-state index contributed by atoms with van der Waals surface area (Å²) in [6, 6.07) is 0.689. The minimum absolute atomic E-state index is 0.689. The SMILES string of the molecule is CCNCC(C)N1CCN(C)CC1. The van der Waals surface area contributed by atoms with Crippen molar-refractivity contribution in [1.82, 2.24) is 15.1 Å². The van der Waals surface area contributed by atoms with E-state index < -0.39 is 0 Å². The largest absolute Gasteiger partial charge is 0.315 e. The molecular weight excluding hydrogens is 162 g/mol. The molecule has 1 aliphatic rings. The highest BCUT2D eigenvalue weighted by Gasteiger charge is 2.17. The van der Waals surface area contributed by atoms with Crippen molar-refractivity contribution in [3.8, 4) is 0 Å². The van der Waals surface area contributed by atoms with E-state index in [0.717, 1.165) is 13.1 Å². The van der Waals surface area contributed by atoms with E-state index in [9.17, 15) is 0 Å². The third kappa shape index (κ3) is 3.63. The van der Waals surface area contributed by atoms with Crippen molar-refractivity contribution in [2.45, 2.75) is 19.9 Å². The van der Waals surface area contributed by atoms with Crippen LogP contribution >= 0.6 is 0 Å². The number of rotatable bonds is 4. The number of hydrogen-bond acceptors (Lipinski definition) is 3. The van der Waals surface area contributed by atoms with Crippen LogP contribution in [0.15, 0.2) is 0 Å². The molecule has 3 heteroatoms. The predicted molar refractivity (Wildman–Crippen MR) is 57.1 cm³/mol. The summed E-state index contributed by atoms with van der Waals surface area (Å²) in [5, 5.41) is 3.40. The van der Waals surface area contributed by atoms with Crippen LogP contribution in [0.4, 0.5) is 0 Å². The molecule has 0 aliphatic carbocycles. The van der Waals surface area contributed by atoms with Crippen molar-refractivity contribution in [3.05, 3.63) is 0 Å². The Balaban J connectivity index is 2.19. The van der Waals surface area contributed by atoms with Gasteiger partial charge in [0.2, 0.25) is 0 Å².